The van der Waals surface area contributed by atoms with Crippen molar-refractivity contribution in [2.45, 2.75) is 19.4 Å². The molecule has 100 valence electrons. The number of carbonyl (C=O) groups is 1. The minimum Gasteiger partial charge on any atom is -0.394 e. The summed E-state index contributed by atoms with van der Waals surface area (Å²) in [7, 11) is 0. The number of benzene rings is 1. The first kappa shape index (κ1) is 13.6. The molecule has 1 unspecified atom stereocenters. The van der Waals surface area contributed by atoms with E-state index in [2.05, 4.69) is 14.9 Å². The third kappa shape index (κ3) is 3.15. The molecule has 0 bridgehead atoms. The number of amides is 1. The van der Waals surface area contributed by atoms with Crippen molar-refractivity contribution in [3.05, 3.63) is 46.5 Å². The predicted molar refractivity (Wildman–Crippen MR) is 73.0 cm³/mol. The molecule has 0 fully saturated rings. The third-order valence-electron chi connectivity index (χ3n) is 2.79. The van der Waals surface area contributed by atoms with Crippen LogP contribution in [0, 0.1) is 0 Å². The Balaban J connectivity index is 2.13. The normalized spacial score (nSPS) is 12.1. The number of nitrogens with one attached hydrogen (secondary N) is 1. The van der Waals surface area contributed by atoms with Gasteiger partial charge in [0, 0.05) is 0 Å². The van der Waals surface area contributed by atoms with Crippen LogP contribution >= 0.6 is 11.5 Å². The van der Waals surface area contributed by atoms with Gasteiger partial charge in [0.25, 0.3) is 5.91 Å². The molecule has 0 radical (unpaired) electrons. The molecule has 2 rings (SSSR count). The van der Waals surface area contributed by atoms with Crippen molar-refractivity contribution in [1.29, 1.82) is 0 Å². The number of aryl methyl sites for hydroxylation is 1. The van der Waals surface area contributed by atoms with Crippen LogP contribution in [0.5, 0.6) is 0 Å². The SMILES string of the molecule is CCc1nnsc1C(=O)NC(CO)c1ccccc1. The van der Waals surface area contributed by atoms with Gasteiger partial charge in [0.05, 0.1) is 18.3 Å². The quantitative estimate of drug-likeness (QED) is 0.869. The lowest BCUT2D eigenvalue weighted by molar-refractivity contribution is 0.0919. The Morgan fingerprint density at radius 2 is 2.16 bits per heavy atom. The standard InChI is InChI=1S/C13H15N3O2S/c1-2-10-12(19-16-15-10)13(18)14-11(8-17)9-6-4-3-5-7-9/h3-7,11,17H,2,8H2,1H3,(H,14,18). The average molecular weight is 277 g/mol. The molecule has 0 saturated carbocycles. The zero-order valence-corrected chi connectivity index (χ0v) is 11.4. The second kappa shape index (κ2) is 6.40. The van der Waals surface area contributed by atoms with E-state index in [1.54, 1.807) is 0 Å². The molecule has 1 aromatic heterocycles. The summed E-state index contributed by atoms with van der Waals surface area (Å²) in [5.41, 5.74) is 1.56. The molecular formula is C13H15N3O2S. The fraction of sp³-hybridized carbons (Fsp3) is 0.308. The maximum absolute atomic E-state index is 12.1. The van der Waals surface area contributed by atoms with E-state index in [-0.39, 0.29) is 12.5 Å². The van der Waals surface area contributed by atoms with Crippen LogP contribution in [0.4, 0.5) is 0 Å². The number of carbonyl (C=O) groups excluding carboxylic acids is 1. The van der Waals surface area contributed by atoms with Gasteiger partial charge in [0.2, 0.25) is 0 Å². The summed E-state index contributed by atoms with van der Waals surface area (Å²) in [5.74, 6) is -0.241. The molecule has 5 nitrogen and oxygen atoms in total. The molecule has 0 saturated heterocycles. The van der Waals surface area contributed by atoms with Crippen LogP contribution in [0.15, 0.2) is 30.3 Å². The first-order valence-corrected chi connectivity index (χ1v) is 6.81. The van der Waals surface area contributed by atoms with Crippen LogP contribution in [-0.2, 0) is 6.42 Å². The van der Waals surface area contributed by atoms with Crippen LogP contribution < -0.4 is 5.32 Å². The fourth-order valence-electron chi connectivity index (χ4n) is 1.76. The van der Waals surface area contributed by atoms with E-state index in [1.807, 2.05) is 37.3 Å². The van der Waals surface area contributed by atoms with Crippen LogP contribution in [0.2, 0.25) is 0 Å². The summed E-state index contributed by atoms with van der Waals surface area (Å²) in [5, 5.41) is 16.1. The van der Waals surface area contributed by atoms with Crippen LogP contribution in [-0.4, -0.2) is 27.2 Å². The molecule has 2 N–H and O–H groups in total. The molecule has 6 heteroatoms. The minimum atomic E-state index is -0.416. The van der Waals surface area contributed by atoms with Crippen molar-refractivity contribution in [2.75, 3.05) is 6.61 Å². The van der Waals surface area contributed by atoms with Gasteiger partial charge in [-0.25, -0.2) is 0 Å². The van der Waals surface area contributed by atoms with Gasteiger partial charge in [-0.05, 0) is 23.5 Å². The Hall–Kier alpha value is -1.79. The Morgan fingerprint density at radius 3 is 2.79 bits per heavy atom. The van der Waals surface area contributed by atoms with Gasteiger partial charge in [-0.3, -0.25) is 4.79 Å². The average Bonchev–Trinajstić information content (AvgIpc) is 2.94. The Bertz CT molecular complexity index is 542. The second-order valence-corrected chi connectivity index (χ2v) is 4.78. The third-order valence-corrected chi connectivity index (χ3v) is 3.55. The summed E-state index contributed by atoms with van der Waals surface area (Å²) in [6.45, 7) is 1.78. The number of hydrogen-bond donors (Lipinski definition) is 2. The van der Waals surface area contributed by atoms with E-state index < -0.39 is 6.04 Å². The molecule has 0 aliphatic rings. The highest BCUT2D eigenvalue weighted by molar-refractivity contribution is 7.08. The molecule has 2 aromatic rings. The number of rotatable bonds is 5. The smallest absolute Gasteiger partial charge is 0.265 e. The maximum Gasteiger partial charge on any atom is 0.265 e. The van der Waals surface area contributed by atoms with E-state index in [9.17, 15) is 9.90 Å². The predicted octanol–water partition coefficient (Wildman–Crippen LogP) is 1.56. The zero-order valence-electron chi connectivity index (χ0n) is 10.5. The highest BCUT2D eigenvalue weighted by Gasteiger charge is 2.19. The summed E-state index contributed by atoms with van der Waals surface area (Å²) >= 11 is 1.08. The summed E-state index contributed by atoms with van der Waals surface area (Å²) in [6.07, 6.45) is 0.661. The highest BCUT2D eigenvalue weighted by Crippen LogP contribution is 2.15. The first-order chi connectivity index (χ1) is 9.26. The van der Waals surface area contributed by atoms with Crippen molar-refractivity contribution >= 4 is 17.4 Å². The van der Waals surface area contributed by atoms with E-state index in [4.69, 9.17) is 0 Å². The molecule has 19 heavy (non-hydrogen) atoms. The fourth-order valence-corrected chi connectivity index (χ4v) is 2.41. The van der Waals surface area contributed by atoms with Crippen LogP contribution in [0.25, 0.3) is 0 Å². The van der Waals surface area contributed by atoms with Gasteiger partial charge in [-0.1, -0.05) is 41.7 Å². The van der Waals surface area contributed by atoms with E-state index in [0.29, 0.717) is 17.0 Å². The van der Waals surface area contributed by atoms with Gasteiger partial charge in [0.1, 0.15) is 4.88 Å². The second-order valence-electron chi connectivity index (χ2n) is 4.02. The largest absolute Gasteiger partial charge is 0.394 e. The van der Waals surface area contributed by atoms with Gasteiger partial charge in [0.15, 0.2) is 0 Å². The number of hydrogen-bond acceptors (Lipinski definition) is 5. The molecule has 0 spiro atoms. The van der Waals surface area contributed by atoms with E-state index in [0.717, 1.165) is 17.1 Å². The van der Waals surface area contributed by atoms with Crippen molar-refractivity contribution in [3.63, 3.8) is 0 Å². The van der Waals surface area contributed by atoms with Gasteiger partial charge < -0.3 is 10.4 Å². The molecule has 1 aromatic carbocycles. The lowest BCUT2D eigenvalue weighted by atomic mass is 10.1. The number of aromatic nitrogens is 2. The van der Waals surface area contributed by atoms with E-state index in [1.165, 1.54) is 0 Å². The number of nitrogens with zero attached hydrogens (tertiary/aromatic N) is 2. The molecule has 0 aliphatic carbocycles. The summed E-state index contributed by atoms with van der Waals surface area (Å²) in [4.78, 5) is 12.6. The number of aliphatic hydroxyl groups is 1. The highest BCUT2D eigenvalue weighted by atomic mass is 32.1. The monoisotopic (exact) mass is 277 g/mol. The first-order valence-electron chi connectivity index (χ1n) is 6.04. The molecular weight excluding hydrogens is 262 g/mol. The summed E-state index contributed by atoms with van der Waals surface area (Å²) < 4.78 is 3.79. The van der Waals surface area contributed by atoms with Gasteiger partial charge >= 0.3 is 0 Å². The minimum absolute atomic E-state index is 0.149. The molecule has 1 heterocycles. The van der Waals surface area contributed by atoms with Crippen molar-refractivity contribution in [1.82, 2.24) is 14.9 Å². The van der Waals surface area contributed by atoms with E-state index >= 15 is 0 Å². The molecule has 0 aliphatic heterocycles. The van der Waals surface area contributed by atoms with Crippen LogP contribution in [0.1, 0.15) is 33.9 Å². The zero-order chi connectivity index (χ0) is 13.7. The van der Waals surface area contributed by atoms with Gasteiger partial charge in [-0.15, -0.1) is 5.10 Å². The van der Waals surface area contributed by atoms with Crippen LogP contribution in [0.3, 0.4) is 0 Å². The Morgan fingerprint density at radius 1 is 1.42 bits per heavy atom. The topological polar surface area (TPSA) is 75.1 Å². The van der Waals surface area contributed by atoms with Crippen molar-refractivity contribution < 1.29 is 9.90 Å². The Kier molecular flexibility index (Phi) is 4.59. The lowest BCUT2D eigenvalue weighted by Crippen LogP contribution is -2.30. The molecule has 1 atom stereocenters. The van der Waals surface area contributed by atoms with Crippen molar-refractivity contribution in [3.8, 4) is 0 Å². The Labute approximate surface area is 115 Å². The lowest BCUT2D eigenvalue weighted by Gasteiger charge is -2.16. The summed E-state index contributed by atoms with van der Waals surface area (Å²) in [6, 6.07) is 8.95. The van der Waals surface area contributed by atoms with Gasteiger partial charge in [-0.2, -0.15) is 0 Å². The number of aliphatic hydroxyl groups excluding tert-OH is 1. The maximum atomic E-state index is 12.1. The van der Waals surface area contributed by atoms with Crippen molar-refractivity contribution in [2.24, 2.45) is 0 Å². The molecule has 1 amide bonds.